The number of hydrogen-bond acceptors (Lipinski definition) is 7. The fourth-order valence-corrected chi connectivity index (χ4v) is 6.75. The number of fused-ring (bicyclic) bond motifs is 5. The number of Topliss-reactive ketones (excluding diaryl/α,β-unsaturated/α-hetero) is 3. The predicted octanol–water partition coefficient (Wildman–Crippen LogP) is 5.40. The lowest BCUT2D eigenvalue weighted by atomic mass is 9.63. The molecule has 0 radical (unpaired) electrons. The summed E-state index contributed by atoms with van der Waals surface area (Å²) >= 11 is 0. The van der Waals surface area contributed by atoms with Gasteiger partial charge in [0.25, 0.3) is 5.69 Å². The van der Waals surface area contributed by atoms with Gasteiger partial charge in [0.2, 0.25) is 0 Å². The molecule has 0 saturated carbocycles. The topological polar surface area (TPSA) is 110 Å². The summed E-state index contributed by atoms with van der Waals surface area (Å²) in [5.41, 5.74) is 0.787. The van der Waals surface area contributed by atoms with Crippen LogP contribution in [0.3, 0.4) is 0 Å². The van der Waals surface area contributed by atoms with E-state index in [9.17, 15) is 24.5 Å². The minimum atomic E-state index is -1.78. The van der Waals surface area contributed by atoms with Crippen molar-refractivity contribution < 1.29 is 19.3 Å². The zero-order valence-electron chi connectivity index (χ0n) is 21.0. The van der Waals surface area contributed by atoms with Crippen LogP contribution in [0.2, 0.25) is 0 Å². The molecule has 1 aliphatic carbocycles. The Morgan fingerprint density at radius 3 is 2.17 bits per heavy atom. The van der Waals surface area contributed by atoms with Crippen molar-refractivity contribution in [2.75, 3.05) is 0 Å². The van der Waals surface area contributed by atoms with E-state index in [2.05, 4.69) is 0 Å². The Kier molecular flexibility index (Phi) is 5.15. The molecule has 3 atom stereocenters. The SMILES string of the molecule is O=C(c1ccccc1)[C@@H]1[C@H](c2cccc([N+](=O)[O-])c2)C2(C(=O)c3ccccc3C2=O)[C@@H]2c3ccccc3C=NN12. The molecule has 194 valence electrons. The van der Waals surface area contributed by atoms with Crippen LogP contribution in [-0.4, -0.2) is 39.5 Å². The van der Waals surface area contributed by atoms with Gasteiger partial charge in [-0.15, -0.1) is 0 Å². The maximum absolute atomic E-state index is 14.7. The zero-order chi connectivity index (χ0) is 27.6. The van der Waals surface area contributed by atoms with E-state index in [1.165, 1.54) is 18.2 Å². The highest BCUT2D eigenvalue weighted by atomic mass is 16.6. The fraction of sp³-hybridized carbons (Fsp3) is 0.125. The first kappa shape index (κ1) is 23.8. The molecular weight excluding hydrogens is 506 g/mol. The molecule has 0 aromatic heterocycles. The second kappa shape index (κ2) is 8.64. The summed E-state index contributed by atoms with van der Waals surface area (Å²) in [5.74, 6) is -2.20. The fourth-order valence-electron chi connectivity index (χ4n) is 6.75. The molecule has 8 nitrogen and oxygen atoms in total. The Hall–Kier alpha value is -5.24. The summed E-state index contributed by atoms with van der Waals surface area (Å²) in [5, 5.41) is 18.1. The van der Waals surface area contributed by atoms with Crippen molar-refractivity contribution in [3.8, 4) is 0 Å². The lowest BCUT2D eigenvalue weighted by Crippen LogP contribution is -2.43. The van der Waals surface area contributed by atoms with E-state index < -0.39 is 39.9 Å². The maximum Gasteiger partial charge on any atom is 0.269 e. The molecule has 2 aliphatic heterocycles. The molecule has 0 bridgehead atoms. The summed E-state index contributed by atoms with van der Waals surface area (Å²) in [7, 11) is 0. The number of nitro groups is 1. The van der Waals surface area contributed by atoms with E-state index in [1.54, 1.807) is 71.9 Å². The summed E-state index contributed by atoms with van der Waals surface area (Å²) < 4.78 is 0. The van der Waals surface area contributed by atoms with Crippen LogP contribution >= 0.6 is 0 Å². The molecule has 0 N–H and O–H groups in total. The average molecular weight is 528 g/mol. The van der Waals surface area contributed by atoms with Gasteiger partial charge in [-0.05, 0) is 16.7 Å². The smallest absolute Gasteiger partial charge is 0.269 e. The van der Waals surface area contributed by atoms with Crippen molar-refractivity contribution in [2.24, 2.45) is 10.5 Å². The predicted molar refractivity (Wildman–Crippen MR) is 147 cm³/mol. The van der Waals surface area contributed by atoms with Gasteiger partial charge in [-0.1, -0.05) is 91.0 Å². The molecule has 1 saturated heterocycles. The largest absolute Gasteiger partial charge is 0.293 e. The molecule has 0 unspecified atom stereocenters. The van der Waals surface area contributed by atoms with Crippen LogP contribution in [-0.2, 0) is 0 Å². The number of carbonyl (C=O) groups excluding carboxylic acids is 3. The Morgan fingerprint density at radius 1 is 0.825 bits per heavy atom. The number of benzene rings is 4. The van der Waals surface area contributed by atoms with Crippen LogP contribution in [0.1, 0.15) is 59.7 Å². The van der Waals surface area contributed by atoms with Crippen LogP contribution in [0.5, 0.6) is 0 Å². The summed E-state index contributed by atoms with van der Waals surface area (Å²) in [4.78, 5) is 55.0. The Bertz CT molecular complexity index is 1750. The highest BCUT2D eigenvalue weighted by Gasteiger charge is 2.72. The summed E-state index contributed by atoms with van der Waals surface area (Å²) in [6.07, 6.45) is 1.64. The van der Waals surface area contributed by atoms with E-state index in [0.717, 1.165) is 5.56 Å². The quantitative estimate of drug-likeness (QED) is 0.152. The van der Waals surface area contributed by atoms with Crippen molar-refractivity contribution in [3.05, 3.63) is 147 Å². The van der Waals surface area contributed by atoms with Crippen molar-refractivity contribution in [2.45, 2.75) is 18.0 Å². The van der Waals surface area contributed by atoms with E-state index in [0.29, 0.717) is 16.7 Å². The first-order valence-electron chi connectivity index (χ1n) is 12.9. The first-order chi connectivity index (χ1) is 19.4. The summed E-state index contributed by atoms with van der Waals surface area (Å²) in [6, 6.07) is 26.6. The van der Waals surface area contributed by atoms with Crippen molar-refractivity contribution in [3.63, 3.8) is 0 Å². The number of nitro benzene ring substituents is 1. The highest BCUT2D eigenvalue weighted by Crippen LogP contribution is 2.64. The average Bonchev–Trinajstić information content (AvgIpc) is 3.43. The van der Waals surface area contributed by atoms with Crippen molar-refractivity contribution >= 4 is 29.3 Å². The molecular formula is C32H21N3O5. The van der Waals surface area contributed by atoms with Crippen LogP contribution in [0, 0.1) is 15.5 Å². The normalized spacial score (nSPS) is 21.7. The third-order valence-corrected chi connectivity index (χ3v) is 8.34. The molecule has 40 heavy (non-hydrogen) atoms. The third-order valence-electron chi connectivity index (χ3n) is 8.34. The van der Waals surface area contributed by atoms with Gasteiger partial charge in [0.15, 0.2) is 17.3 Å². The molecule has 4 aromatic rings. The molecule has 1 spiro atoms. The molecule has 0 amide bonds. The standard InChI is InChI=1S/C32H21N3O5/c36-28(19-9-2-1-3-10-19)27-26(20-12-8-13-22(17-20)35(39)40)32(30(37)24-15-6-7-16-25(24)31(32)38)29-23-14-5-4-11-21(23)18-33-34(27)29/h1-18,26-27,29H/t26-,27-,29-/m0/s1. The van der Waals surface area contributed by atoms with E-state index in [1.807, 2.05) is 24.3 Å². The van der Waals surface area contributed by atoms with Crippen LogP contribution in [0.4, 0.5) is 5.69 Å². The molecule has 1 fully saturated rings. The molecule has 4 aromatic carbocycles. The van der Waals surface area contributed by atoms with E-state index in [4.69, 9.17) is 5.10 Å². The zero-order valence-corrected chi connectivity index (χ0v) is 21.0. The lowest BCUT2D eigenvalue weighted by Gasteiger charge is -2.36. The molecule has 2 heterocycles. The number of carbonyl (C=O) groups is 3. The minimum Gasteiger partial charge on any atom is -0.293 e. The highest BCUT2D eigenvalue weighted by molar-refractivity contribution is 6.31. The minimum absolute atomic E-state index is 0.192. The Morgan fingerprint density at radius 2 is 1.48 bits per heavy atom. The Labute approximate surface area is 228 Å². The van der Waals surface area contributed by atoms with Gasteiger partial charge in [0, 0.05) is 34.7 Å². The lowest BCUT2D eigenvalue weighted by molar-refractivity contribution is -0.384. The number of hydrazone groups is 1. The van der Waals surface area contributed by atoms with Gasteiger partial charge in [0.1, 0.15) is 11.5 Å². The van der Waals surface area contributed by atoms with Gasteiger partial charge in [-0.2, -0.15) is 5.10 Å². The molecule has 8 heteroatoms. The van der Waals surface area contributed by atoms with Crippen molar-refractivity contribution in [1.29, 1.82) is 0 Å². The molecule has 7 rings (SSSR count). The second-order valence-electron chi connectivity index (χ2n) is 10.2. The first-order valence-corrected chi connectivity index (χ1v) is 12.9. The van der Waals surface area contributed by atoms with Gasteiger partial charge >= 0.3 is 0 Å². The van der Waals surface area contributed by atoms with Gasteiger partial charge in [-0.3, -0.25) is 29.5 Å². The van der Waals surface area contributed by atoms with E-state index >= 15 is 0 Å². The van der Waals surface area contributed by atoms with Crippen LogP contribution < -0.4 is 0 Å². The number of hydrogen-bond donors (Lipinski definition) is 0. The van der Waals surface area contributed by atoms with Crippen molar-refractivity contribution in [1.82, 2.24) is 5.01 Å². The van der Waals surface area contributed by atoms with Crippen LogP contribution in [0.15, 0.2) is 108 Å². The summed E-state index contributed by atoms with van der Waals surface area (Å²) in [6.45, 7) is 0. The monoisotopic (exact) mass is 527 g/mol. The number of nitrogens with zero attached hydrogens (tertiary/aromatic N) is 3. The van der Waals surface area contributed by atoms with Crippen LogP contribution in [0.25, 0.3) is 0 Å². The van der Waals surface area contributed by atoms with Gasteiger partial charge in [0.05, 0.1) is 17.2 Å². The number of rotatable bonds is 4. The maximum atomic E-state index is 14.7. The number of non-ortho nitro benzene ring substituents is 1. The third kappa shape index (κ3) is 3.07. The number of ketones is 3. The Balaban J connectivity index is 1.57. The van der Waals surface area contributed by atoms with E-state index in [-0.39, 0.29) is 22.6 Å². The van der Waals surface area contributed by atoms with Gasteiger partial charge in [-0.25, -0.2) is 0 Å². The van der Waals surface area contributed by atoms with Gasteiger partial charge < -0.3 is 0 Å². The second-order valence-corrected chi connectivity index (χ2v) is 10.2. The molecule has 3 aliphatic rings.